The van der Waals surface area contributed by atoms with Crippen molar-refractivity contribution in [3.63, 3.8) is 0 Å². The van der Waals surface area contributed by atoms with Crippen molar-refractivity contribution in [1.82, 2.24) is 14.5 Å². The second kappa shape index (κ2) is 4.66. The highest BCUT2D eigenvalue weighted by Gasteiger charge is 2.11. The van der Waals surface area contributed by atoms with Gasteiger partial charge in [-0.15, -0.1) is 0 Å². The Morgan fingerprint density at radius 1 is 1.32 bits per heavy atom. The van der Waals surface area contributed by atoms with Gasteiger partial charge in [0.25, 0.3) is 0 Å². The topological polar surface area (TPSA) is 56.7 Å². The van der Waals surface area contributed by atoms with Gasteiger partial charge in [0.2, 0.25) is 5.95 Å². The minimum atomic E-state index is 0.453. The van der Waals surface area contributed by atoms with E-state index in [2.05, 4.69) is 45.0 Å². The molecule has 96 valence electrons. The summed E-state index contributed by atoms with van der Waals surface area (Å²) in [5.74, 6) is 0.453. The first-order valence-electron chi connectivity index (χ1n) is 6.08. The molecule has 0 saturated heterocycles. The number of nitrogens with zero attached hydrogens (tertiary/aromatic N) is 3. The van der Waals surface area contributed by atoms with E-state index in [0.29, 0.717) is 5.95 Å². The fourth-order valence-corrected chi connectivity index (χ4v) is 2.45. The van der Waals surface area contributed by atoms with E-state index >= 15 is 0 Å². The van der Waals surface area contributed by atoms with E-state index in [9.17, 15) is 0 Å². The van der Waals surface area contributed by atoms with Crippen LogP contribution < -0.4 is 5.73 Å². The van der Waals surface area contributed by atoms with E-state index in [-0.39, 0.29) is 0 Å². The molecule has 2 N–H and O–H groups in total. The first-order valence-corrected chi connectivity index (χ1v) is 6.87. The van der Waals surface area contributed by atoms with Crippen molar-refractivity contribution in [3.8, 4) is 5.69 Å². The summed E-state index contributed by atoms with van der Waals surface area (Å²) >= 11 is 3.39. The Hall–Kier alpha value is -1.88. The number of aromatic nitrogens is 3. The van der Waals surface area contributed by atoms with Gasteiger partial charge in [0.15, 0.2) is 5.65 Å². The molecule has 0 aliphatic carbocycles. The van der Waals surface area contributed by atoms with Crippen molar-refractivity contribution in [2.24, 2.45) is 0 Å². The molecular formula is C14H13BrN4. The Morgan fingerprint density at radius 2 is 2.16 bits per heavy atom. The third-order valence-corrected chi connectivity index (χ3v) is 3.50. The van der Waals surface area contributed by atoms with Gasteiger partial charge in [-0.2, -0.15) is 0 Å². The minimum Gasteiger partial charge on any atom is -0.369 e. The van der Waals surface area contributed by atoms with Crippen LogP contribution in [0.5, 0.6) is 0 Å². The van der Waals surface area contributed by atoms with Crippen molar-refractivity contribution >= 4 is 33.0 Å². The third kappa shape index (κ3) is 2.10. The first-order chi connectivity index (χ1) is 9.19. The molecule has 0 spiro atoms. The summed E-state index contributed by atoms with van der Waals surface area (Å²) in [6.07, 6.45) is 2.74. The zero-order valence-corrected chi connectivity index (χ0v) is 12.1. The summed E-state index contributed by atoms with van der Waals surface area (Å²) in [7, 11) is 0. The molecule has 0 fully saturated rings. The fraction of sp³-hybridized carbons (Fsp3) is 0.143. The normalized spacial score (nSPS) is 11.1. The predicted molar refractivity (Wildman–Crippen MR) is 80.4 cm³/mol. The van der Waals surface area contributed by atoms with Crippen LogP contribution in [0.15, 0.2) is 41.0 Å². The molecule has 0 saturated carbocycles. The monoisotopic (exact) mass is 316 g/mol. The van der Waals surface area contributed by atoms with Gasteiger partial charge >= 0.3 is 0 Å². The summed E-state index contributed by atoms with van der Waals surface area (Å²) in [6, 6.07) is 10.2. The number of hydrogen-bond donors (Lipinski definition) is 1. The molecule has 0 aliphatic heterocycles. The number of benzene rings is 1. The molecule has 1 aromatic carbocycles. The molecule has 4 nitrogen and oxygen atoms in total. The Balaban J connectivity index is 2.26. The summed E-state index contributed by atoms with van der Waals surface area (Å²) in [5.41, 5.74) is 9.84. The smallest absolute Gasteiger partial charge is 0.207 e. The maximum Gasteiger partial charge on any atom is 0.207 e. The molecule has 0 atom stereocenters. The molecule has 2 heterocycles. The standard InChI is InChI=1S/C14H13BrN4/c1-2-9-4-3-5-11(6-9)19-13-12(18-14(19)16)7-10(15)8-17-13/h3-8H,2H2,1H3,(H2,16,18). The van der Waals surface area contributed by atoms with E-state index in [4.69, 9.17) is 5.73 Å². The lowest BCUT2D eigenvalue weighted by Gasteiger charge is -2.07. The van der Waals surface area contributed by atoms with Crippen LogP contribution in [-0.2, 0) is 6.42 Å². The van der Waals surface area contributed by atoms with E-state index < -0.39 is 0 Å². The van der Waals surface area contributed by atoms with E-state index in [1.807, 2.05) is 22.8 Å². The van der Waals surface area contributed by atoms with Gasteiger partial charge in [0.1, 0.15) is 5.52 Å². The van der Waals surface area contributed by atoms with Gasteiger partial charge in [0, 0.05) is 10.7 Å². The van der Waals surface area contributed by atoms with Crippen molar-refractivity contribution in [3.05, 3.63) is 46.6 Å². The number of anilines is 1. The Bertz CT molecular complexity index is 748. The highest BCUT2D eigenvalue weighted by molar-refractivity contribution is 9.10. The van der Waals surface area contributed by atoms with Crippen LogP contribution in [0.4, 0.5) is 5.95 Å². The van der Waals surface area contributed by atoms with E-state index in [1.165, 1.54) is 5.56 Å². The van der Waals surface area contributed by atoms with Crippen molar-refractivity contribution in [2.45, 2.75) is 13.3 Å². The zero-order valence-electron chi connectivity index (χ0n) is 10.5. The number of fused-ring (bicyclic) bond motifs is 1. The molecule has 0 unspecified atom stereocenters. The Labute approximate surface area is 119 Å². The Kier molecular flexibility index (Phi) is 2.98. The number of pyridine rings is 1. The lowest BCUT2D eigenvalue weighted by Crippen LogP contribution is -2.01. The fourth-order valence-electron chi connectivity index (χ4n) is 2.13. The molecule has 3 aromatic rings. The van der Waals surface area contributed by atoms with Gasteiger partial charge in [-0.05, 0) is 46.1 Å². The number of imidazole rings is 1. The lowest BCUT2D eigenvalue weighted by atomic mass is 10.1. The van der Waals surface area contributed by atoms with Crippen molar-refractivity contribution in [2.75, 3.05) is 5.73 Å². The molecule has 2 aromatic heterocycles. The van der Waals surface area contributed by atoms with Crippen molar-refractivity contribution in [1.29, 1.82) is 0 Å². The number of hydrogen-bond acceptors (Lipinski definition) is 3. The number of aryl methyl sites for hydroxylation is 1. The largest absolute Gasteiger partial charge is 0.369 e. The second-order valence-corrected chi connectivity index (χ2v) is 5.24. The van der Waals surface area contributed by atoms with E-state index in [0.717, 1.165) is 27.7 Å². The summed E-state index contributed by atoms with van der Waals surface area (Å²) in [6.45, 7) is 2.13. The van der Waals surface area contributed by atoms with Gasteiger partial charge < -0.3 is 5.73 Å². The van der Waals surface area contributed by atoms with Crippen LogP contribution in [0.2, 0.25) is 0 Å². The quantitative estimate of drug-likeness (QED) is 0.789. The maximum atomic E-state index is 6.02. The van der Waals surface area contributed by atoms with Gasteiger partial charge in [-0.25, -0.2) is 9.97 Å². The van der Waals surface area contributed by atoms with Crippen LogP contribution in [0.1, 0.15) is 12.5 Å². The average Bonchev–Trinajstić information content (AvgIpc) is 2.73. The first kappa shape index (κ1) is 12.2. The predicted octanol–water partition coefficient (Wildman–Crippen LogP) is 3.33. The van der Waals surface area contributed by atoms with Crippen molar-refractivity contribution < 1.29 is 0 Å². The van der Waals surface area contributed by atoms with Gasteiger partial charge in [0.05, 0.1) is 5.69 Å². The average molecular weight is 317 g/mol. The molecular weight excluding hydrogens is 304 g/mol. The highest BCUT2D eigenvalue weighted by Crippen LogP contribution is 2.24. The summed E-state index contributed by atoms with van der Waals surface area (Å²) < 4.78 is 2.77. The summed E-state index contributed by atoms with van der Waals surface area (Å²) in [5, 5.41) is 0. The zero-order chi connectivity index (χ0) is 13.4. The summed E-state index contributed by atoms with van der Waals surface area (Å²) in [4.78, 5) is 8.76. The molecule has 0 amide bonds. The van der Waals surface area contributed by atoms with Crippen LogP contribution in [0.3, 0.4) is 0 Å². The maximum absolute atomic E-state index is 6.02. The molecule has 0 aliphatic rings. The van der Waals surface area contributed by atoms with Crippen LogP contribution in [0, 0.1) is 0 Å². The van der Waals surface area contributed by atoms with Gasteiger partial charge in [-0.1, -0.05) is 19.1 Å². The Morgan fingerprint density at radius 3 is 2.95 bits per heavy atom. The SMILES string of the molecule is CCc1cccc(-n2c(N)nc3cc(Br)cnc32)c1. The van der Waals surface area contributed by atoms with Crippen LogP contribution >= 0.6 is 15.9 Å². The molecule has 3 rings (SSSR count). The molecule has 19 heavy (non-hydrogen) atoms. The number of nitrogen functional groups attached to an aromatic ring is 1. The van der Waals surface area contributed by atoms with Gasteiger partial charge in [-0.3, -0.25) is 4.57 Å². The van der Waals surface area contributed by atoms with E-state index in [1.54, 1.807) is 6.20 Å². The molecule has 0 radical (unpaired) electrons. The van der Waals surface area contributed by atoms with Crippen LogP contribution in [-0.4, -0.2) is 14.5 Å². The molecule has 0 bridgehead atoms. The molecule has 5 heteroatoms. The number of halogens is 1. The highest BCUT2D eigenvalue weighted by atomic mass is 79.9. The minimum absolute atomic E-state index is 0.453. The third-order valence-electron chi connectivity index (χ3n) is 3.07. The van der Waals surface area contributed by atoms with Crippen LogP contribution in [0.25, 0.3) is 16.9 Å². The second-order valence-electron chi connectivity index (χ2n) is 4.33. The number of nitrogens with two attached hydrogens (primary N) is 1. The lowest BCUT2D eigenvalue weighted by molar-refractivity contribution is 1.06. The number of rotatable bonds is 2.